The van der Waals surface area contributed by atoms with Crippen molar-refractivity contribution in [3.8, 4) is 0 Å². The van der Waals surface area contributed by atoms with E-state index in [2.05, 4.69) is 27.5 Å². The van der Waals surface area contributed by atoms with E-state index in [-0.39, 0.29) is 5.91 Å². The zero-order chi connectivity index (χ0) is 16.7. The molecule has 0 aliphatic carbocycles. The molecule has 0 aliphatic rings. The van der Waals surface area contributed by atoms with Gasteiger partial charge in [0.25, 0.3) is 5.91 Å². The minimum Gasteiger partial charge on any atom is -0.352 e. The summed E-state index contributed by atoms with van der Waals surface area (Å²) in [5.74, 6) is 0.433. The smallest absolute Gasteiger partial charge is 0.253 e. The fourth-order valence-corrected chi connectivity index (χ4v) is 2.36. The lowest BCUT2D eigenvalue weighted by Crippen LogP contribution is -2.25. The van der Waals surface area contributed by atoms with Crippen LogP contribution in [0.15, 0.2) is 30.3 Å². The van der Waals surface area contributed by atoms with E-state index in [0.29, 0.717) is 23.7 Å². The van der Waals surface area contributed by atoms with E-state index in [1.807, 2.05) is 38.1 Å². The second-order valence-electron chi connectivity index (χ2n) is 5.61. The maximum absolute atomic E-state index is 12.4. The SMILES string of the molecule is CCCCCNC(=O)c1ccccc1Nc1nc(C)cc(C)n1. The Hall–Kier alpha value is -2.43. The van der Waals surface area contributed by atoms with E-state index in [1.54, 1.807) is 6.07 Å². The number of hydrogen-bond donors (Lipinski definition) is 2. The predicted molar refractivity (Wildman–Crippen MR) is 93.1 cm³/mol. The normalized spacial score (nSPS) is 10.4. The highest BCUT2D eigenvalue weighted by atomic mass is 16.1. The maximum Gasteiger partial charge on any atom is 0.253 e. The largest absolute Gasteiger partial charge is 0.352 e. The summed E-state index contributed by atoms with van der Waals surface area (Å²) in [6.07, 6.45) is 3.26. The topological polar surface area (TPSA) is 66.9 Å². The number of nitrogens with one attached hydrogen (secondary N) is 2. The van der Waals surface area contributed by atoms with Crippen LogP contribution < -0.4 is 10.6 Å². The molecule has 0 bridgehead atoms. The predicted octanol–water partition coefficient (Wildman–Crippen LogP) is 3.76. The van der Waals surface area contributed by atoms with Crippen LogP contribution >= 0.6 is 0 Å². The van der Waals surface area contributed by atoms with Crippen LogP contribution in [0.4, 0.5) is 11.6 Å². The summed E-state index contributed by atoms with van der Waals surface area (Å²) in [6, 6.07) is 9.33. The van der Waals surface area contributed by atoms with Gasteiger partial charge in [0.05, 0.1) is 11.3 Å². The first kappa shape index (κ1) is 16.9. The number of aryl methyl sites for hydroxylation is 2. The molecule has 0 saturated carbocycles. The Balaban J connectivity index is 2.12. The molecule has 0 spiro atoms. The number of unbranched alkanes of at least 4 members (excludes halogenated alkanes) is 2. The van der Waals surface area contributed by atoms with Gasteiger partial charge in [-0.1, -0.05) is 31.9 Å². The van der Waals surface area contributed by atoms with Gasteiger partial charge in [0.15, 0.2) is 0 Å². The van der Waals surface area contributed by atoms with Crippen LogP contribution in [0.1, 0.15) is 47.9 Å². The van der Waals surface area contributed by atoms with Crippen LogP contribution in [0, 0.1) is 13.8 Å². The zero-order valence-electron chi connectivity index (χ0n) is 14.0. The van der Waals surface area contributed by atoms with Crippen LogP contribution in [-0.4, -0.2) is 22.4 Å². The Morgan fingerprint density at radius 3 is 2.48 bits per heavy atom. The van der Waals surface area contributed by atoms with Gasteiger partial charge in [-0.2, -0.15) is 0 Å². The number of rotatable bonds is 7. The highest BCUT2D eigenvalue weighted by Crippen LogP contribution is 2.19. The molecule has 0 fully saturated rings. The third kappa shape index (κ3) is 5.06. The second-order valence-corrected chi connectivity index (χ2v) is 5.61. The first-order valence-electron chi connectivity index (χ1n) is 8.06. The highest BCUT2D eigenvalue weighted by molar-refractivity contribution is 6.00. The summed E-state index contributed by atoms with van der Waals surface area (Å²) in [5.41, 5.74) is 3.10. The molecule has 0 aliphatic heterocycles. The first-order valence-corrected chi connectivity index (χ1v) is 8.06. The van der Waals surface area contributed by atoms with E-state index < -0.39 is 0 Å². The van der Waals surface area contributed by atoms with Crippen LogP contribution in [-0.2, 0) is 0 Å². The van der Waals surface area contributed by atoms with Crippen molar-refractivity contribution in [2.75, 3.05) is 11.9 Å². The Morgan fingerprint density at radius 2 is 1.78 bits per heavy atom. The fraction of sp³-hybridized carbons (Fsp3) is 0.389. The molecule has 2 N–H and O–H groups in total. The van der Waals surface area contributed by atoms with Gasteiger partial charge in [-0.25, -0.2) is 9.97 Å². The van der Waals surface area contributed by atoms with E-state index >= 15 is 0 Å². The molecule has 2 rings (SSSR count). The Kier molecular flexibility index (Phi) is 6.09. The van der Waals surface area contributed by atoms with Crippen molar-refractivity contribution in [1.82, 2.24) is 15.3 Å². The van der Waals surface area contributed by atoms with Crippen molar-refractivity contribution in [2.24, 2.45) is 0 Å². The van der Waals surface area contributed by atoms with Gasteiger partial charge in [-0.05, 0) is 38.5 Å². The van der Waals surface area contributed by atoms with Crippen molar-refractivity contribution < 1.29 is 4.79 Å². The molecule has 1 aromatic carbocycles. The number of carbonyl (C=O) groups excluding carboxylic acids is 1. The summed E-state index contributed by atoms with van der Waals surface area (Å²) in [6.45, 7) is 6.68. The number of amides is 1. The number of para-hydroxylation sites is 1. The highest BCUT2D eigenvalue weighted by Gasteiger charge is 2.11. The number of aromatic nitrogens is 2. The average Bonchev–Trinajstić information content (AvgIpc) is 2.51. The van der Waals surface area contributed by atoms with E-state index in [1.165, 1.54) is 0 Å². The summed E-state index contributed by atoms with van der Waals surface area (Å²) < 4.78 is 0. The van der Waals surface area contributed by atoms with E-state index in [4.69, 9.17) is 0 Å². The fourth-order valence-electron chi connectivity index (χ4n) is 2.36. The number of benzene rings is 1. The third-order valence-corrected chi connectivity index (χ3v) is 3.47. The molecule has 1 amide bonds. The van der Waals surface area contributed by atoms with Gasteiger partial charge in [-0.3, -0.25) is 4.79 Å². The molecule has 122 valence electrons. The van der Waals surface area contributed by atoms with Gasteiger partial charge in [0, 0.05) is 17.9 Å². The van der Waals surface area contributed by atoms with Gasteiger partial charge >= 0.3 is 0 Å². The standard InChI is InChI=1S/C18H24N4O/c1-4-5-8-11-19-17(23)15-9-6-7-10-16(15)22-18-20-13(2)12-14(3)21-18/h6-7,9-10,12H,4-5,8,11H2,1-3H3,(H,19,23)(H,20,21,22). The molecule has 5 nitrogen and oxygen atoms in total. The van der Waals surface area contributed by atoms with Crippen molar-refractivity contribution >= 4 is 17.5 Å². The molecule has 0 unspecified atom stereocenters. The van der Waals surface area contributed by atoms with Gasteiger partial charge in [0.1, 0.15) is 0 Å². The molecule has 0 saturated heterocycles. The number of anilines is 2. The molecule has 0 radical (unpaired) electrons. The Morgan fingerprint density at radius 1 is 1.09 bits per heavy atom. The van der Waals surface area contributed by atoms with Crippen molar-refractivity contribution in [3.63, 3.8) is 0 Å². The van der Waals surface area contributed by atoms with Gasteiger partial charge in [-0.15, -0.1) is 0 Å². The van der Waals surface area contributed by atoms with Crippen molar-refractivity contribution in [3.05, 3.63) is 47.3 Å². The lowest BCUT2D eigenvalue weighted by atomic mass is 10.1. The Labute approximate surface area is 137 Å². The monoisotopic (exact) mass is 312 g/mol. The molecule has 1 heterocycles. The summed E-state index contributed by atoms with van der Waals surface area (Å²) in [5, 5.41) is 6.12. The third-order valence-electron chi connectivity index (χ3n) is 3.47. The zero-order valence-corrected chi connectivity index (χ0v) is 14.0. The van der Waals surface area contributed by atoms with Crippen molar-refractivity contribution in [2.45, 2.75) is 40.0 Å². The maximum atomic E-state index is 12.4. The van der Waals surface area contributed by atoms with E-state index in [0.717, 1.165) is 30.7 Å². The number of nitrogens with zero attached hydrogens (tertiary/aromatic N) is 2. The van der Waals surface area contributed by atoms with Crippen LogP contribution in [0.3, 0.4) is 0 Å². The molecular weight excluding hydrogens is 288 g/mol. The lowest BCUT2D eigenvalue weighted by Gasteiger charge is -2.12. The molecule has 23 heavy (non-hydrogen) atoms. The lowest BCUT2D eigenvalue weighted by molar-refractivity contribution is 0.0954. The van der Waals surface area contributed by atoms with Crippen LogP contribution in [0.5, 0.6) is 0 Å². The number of hydrogen-bond acceptors (Lipinski definition) is 4. The summed E-state index contributed by atoms with van der Waals surface area (Å²) in [7, 11) is 0. The average molecular weight is 312 g/mol. The van der Waals surface area contributed by atoms with Gasteiger partial charge in [0.2, 0.25) is 5.95 Å². The minimum absolute atomic E-state index is 0.0754. The van der Waals surface area contributed by atoms with E-state index in [9.17, 15) is 4.79 Å². The molecule has 1 aromatic heterocycles. The Bertz CT molecular complexity index is 650. The van der Waals surface area contributed by atoms with Crippen LogP contribution in [0.25, 0.3) is 0 Å². The molecule has 5 heteroatoms. The van der Waals surface area contributed by atoms with Gasteiger partial charge < -0.3 is 10.6 Å². The molecule has 2 aromatic rings. The van der Waals surface area contributed by atoms with Crippen LogP contribution in [0.2, 0.25) is 0 Å². The van der Waals surface area contributed by atoms with Crippen molar-refractivity contribution in [1.29, 1.82) is 0 Å². The minimum atomic E-state index is -0.0754. The summed E-state index contributed by atoms with van der Waals surface area (Å²) >= 11 is 0. The summed E-state index contributed by atoms with van der Waals surface area (Å²) in [4.78, 5) is 21.1. The number of carbonyl (C=O) groups is 1. The molecule has 0 atom stereocenters. The molecular formula is C18H24N4O. The quantitative estimate of drug-likeness (QED) is 0.764. The first-order chi connectivity index (χ1) is 11.1. The second kappa shape index (κ2) is 8.27.